The second-order valence-corrected chi connectivity index (χ2v) is 8.83. The third-order valence-electron chi connectivity index (χ3n) is 4.70. The Morgan fingerprint density at radius 3 is 2.62 bits per heavy atom. The van der Waals surface area contributed by atoms with Crippen molar-refractivity contribution in [3.63, 3.8) is 0 Å². The van der Waals surface area contributed by atoms with E-state index in [1.54, 1.807) is 19.1 Å². The van der Waals surface area contributed by atoms with Crippen LogP contribution in [-0.4, -0.2) is 41.4 Å². The molecule has 0 saturated carbocycles. The van der Waals surface area contributed by atoms with Crippen molar-refractivity contribution in [1.82, 2.24) is 15.0 Å². The van der Waals surface area contributed by atoms with E-state index in [0.717, 1.165) is 5.69 Å². The van der Waals surface area contributed by atoms with Gasteiger partial charge in [-0.25, -0.2) is 23.4 Å². The molecule has 2 aromatic carbocycles. The van der Waals surface area contributed by atoms with Gasteiger partial charge in [0.15, 0.2) is 0 Å². The number of sulfonamides is 1. The molecule has 0 amide bonds. The van der Waals surface area contributed by atoms with Gasteiger partial charge in [-0.15, -0.1) is 0 Å². The summed E-state index contributed by atoms with van der Waals surface area (Å²) in [6, 6.07) is 17.2. The number of fused-ring (bicyclic) bond motifs is 1. The summed E-state index contributed by atoms with van der Waals surface area (Å²) in [4.78, 5) is 12.0. The first-order chi connectivity index (χ1) is 16.4. The predicted octanol–water partition coefficient (Wildman–Crippen LogP) is 3.71. The number of anilines is 2. The van der Waals surface area contributed by atoms with Gasteiger partial charge in [0.25, 0.3) is 10.0 Å². The second kappa shape index (κ2) is 10.0. The largest absolute Gasteiger partial charge is 0.471 e. The Kier molecular flexibility index (Phi) is 6.74. The lowest BCUT2D eigenvalue weighted by Gasteiger charge is -2.11. The summed E-state index contributed by atoms with van der Waals surface area (Å²) in [5.74, 6) is 0.477. The van der Waals surface area contributed by atoms with Crippen LogP contribution in [0.15, 0.2) is 89.4 Å². The molecule has 0 unspecified atom stereocenters. The Hall–Kier alpha value is -4.38. The molecule has 0 aliphatic heterocycles. The Morgan fingerprint density at radius 2 is 1.88 bits per heavy atom. The van der Waals surface area contributed by atoms with E-state index < -0.39 is 10.0 Å². The Bertz CT molecular complexity index is 1440. The van der Waals surface area contributed by atoms with Crippen LogP contribution < -0.4 is 14.9 Å². The van der Waals surface area contributed by atoms with E-state index in [0.29, 0.717) is 22.4 Å². The fraction of sp³-hybridized carbons (Fsp3) is 0.0870. The minimum absolute atomic E-state index is 0.0105. The number of hydrogen-bond donors (Lipinski definition) is 3. The van der Waals surface area contributed by atoms with E-state index in [2.05, 4.69) is 30.2 Å². The van der Waals surface area contributed by atoms with Gasteiger partial charge in [0.2, 0.25) is 5.88 Å². The molecular weight excluding hydrogens is 454 g/mol. The fourth-order valence-electron chi connectivity index (χ4n) is 2.96. The summed E-state index contributed by atoms with van der Waals surface area (Å²) in [5, 5.41) is 13.5. The van der Waals surface area contributed by atoms with E-state index >= 15 is 0 Å². The zero-order valence-corrected chi connectivity index (χ0v) is 19.0. The first-order valence-corrected chi connectivity index (χ1v) is 11.6. The number of para-hydroxylation sites is 1. The molecule has 0 aliphatic carbocycles. The molecule has 11 heteroatoms. The number of pyridine rings is 1. The van der Waals surface area contributed by atoms with Crippen LogP contribution in [0.3, 0.4) is 0 Å². The number of benzene rings is 2. The molecule has 172 valence electrons. The Morgan fingerprint density at radius 1 is 1.06 bits per heavy atom. The second-order valence-electron chi connectivity index (χ2n) is 7.15. The van der Waals surface area contributed by atoms with Gasteiger partial charge < -0.3 is 10.1 Å². The SMILES string of the molecule is CC(=N)/C(COc1nccc2cc(S(=O)(=O)Nc3ccncn3)ccc12)=N\Nc1ccccc1. The summed E-state index contributed by atoms with van der Waals surface area (Å²) in [6.07, 6.45) is 4.24. The third kappa shape index (κ3) is 5.51. The first-order valence-electron chi connectivity index (χ1n) is 10.2. The van der Waals surface area contributed by atoms with Gasteiger partial charge >= 0.3 is 0 Å². The van der Waals surface area contributed by atoms with Crippen molar-refractivity contribution in [3.05, 3.63) is 79.4 Å². The molecule has 0 bridgehead atoms. The highest BCUT2D eigenvalue weighted by molar-refractivity contribution is 7.92. The van der Waals surface area contributed by atoms with Gasteiger partial charge in [-0.2, -0.15) is 5.10 Å². The van der Waals surface area contributed by atoms with Crippen molar-refractivity contribution in [2.24, 2.45) is 5.10 Å². The highest BCUT2D eigenvalue weighted by Gasteiger charge is 2.17. The summed E-state index contributed by atoms with van der Waals surface area (Å²) >= 11 is 0. The minimum atomic E-state index is -3.85. The molecule has 10 nitrogen and oxygen atoms in total. The lowest BCUT2D eigenvalue weighted by molar-refractivity contribution is 0.368. The van der Waals surface area contributed by atoms with Crippen LogP contribution >= 0.6 is 0 Å². The standard InChI is InChI=1S/C23H21N7O3S/c1-16(24)21(29-28-18-5-3-2-4-6-18)14-33-23-20-8-7-19(13-17(20)9-12-26-23)34(31,32)30-22-10-11-25-15-27-22/h2-13,15,24,28H,14H2,1H3,(H,25,27,30)/b24-16?,29-21-. The zero-order chi connectivity index (χ0) is 24.0. The molecule has 4 aromatic rings. The van der Waals surface area contributed by atoms with Gasteiger partial charge in [0.1, 0.15) is 24.5 Å². The molecule has 0 atom stereocenters. The van der Waals surface area contributed by atoms with Crippen molar-refractivity contribution in [2.75, 3.05) is 16.8 Å². The van der Waals surface area contributed by atoms with Crippen molar-refractivity contribution in [2.45, 2.75) is 11.8 Å². The number of nitrogens with one attached hydrogen (secondary N) is 3. The maximum Gasteiger partial charge on any atom is 0.263 e. The van der Waals surface area contributed by atoms with Crippen molar-refractivity contribution < 1.29 is 13.2 Å². The molecular formula is C23H21N7O3S. The number of hydrogen-bond acceptors (Lipinski definition) is 9. The molecule has 2 aromatic heterocycles. The maximum atomic E-state index is 12.7. The molecule has 0 spiro atoms. The van der Waals surface area contributed by atoms with Crippen LogP contribution in [0.5, 0.6) is 5.88 Å². The highest BCUT2D eigenvalue weighted by atomic mass is 32.2. The number of aromatic nitrogens is 3. The van der Waals surface area contributed by atoms with Crippen LogP contribution in [0, 0.1) is 5.41 Å². The lowest BCUT2D eigenvalue weighted by Crippen LogP contribution is -2.21. The fourth-order valence-corrected chi connectivity index (χ4v) is 4.01. The van der Waals surface area contributed by atoms with Crippen molar-refractivity contribution in [3.8, 4) is 5.88 Å². The van der Waals surface area contributed by atoms with Crippen molar-refractivity contribution in [1.29, 1.82) is 5.41 Å². The number of ether oxygens (including phenoxy) is 1. The summed E-state index contributed by atoms with van der Waals surface area (Å²) < 4.78 is 33.8. The molecule has 0 radical (unpaired) electrons. The summed E-state index contributed by atoms with van der Waals surface area (Å²) in [7, 11) is -3.85. The van der Waals surface area contributed by atoms with E-state index in [1.807, 2.05) is 30.3 Å². The van der Waals surface area contributed by atoms with Crippen LogP contribution in [0.25, 0.3) is 10.8 Å². The van der Waals surface area contributed by atoms with E-state index in [9.17, 15) is 8.42 Å². The van der Waals surface area contributed by atoms with Gasteiger partial charge in [0.05, 0.1) is 16.3 Å². The van der Waals surface area contributed by atoms with Crippen LogP contribution in [-0.2, 0) is 10.0 Å². The molecule has 34 heavy (non-hydrogen) atoms. The number of nitrogens with zero attached hydrogens (tertiary/aromatic N) is 4. The molecule has 0 aliphatic rings. The smallest absolute Gasteiger partial charge is 0.263 e. The van der Waals surface area contributed by atoms with Gasteiger partial charge in [-0.1, -0.05) is 18.2 Å². The number of hydrazone groups is 1. The highest BCUT2D eigenvalue weighted by Crippen LogP contribution is 2.26. The quantitative estimate of drug-likeness (QED) is 0.247. The molecule has 2 heterocycles. The van der Waals surface area contributed by atoms with Gasteiger partial charge in [-0.05, 0) is 54.8 Å². The topological polar surface area (TPSA) is 142 Å². The monoisotopic (exact) mass is 475 g/mol. The average molecular weight is 476 g/mol. The summed E-state index contributed by atoms with van der Waals surface area (Å²) in [6.45, 7) is 1.63. The first kappa shape index (κ1) is 22.8. The normalized spacial score (nSPS) is 11.7. The van der Waals surface area contributed by atoms with Crippen molar-refractivity contribution >= 4 is 43.7 Å². The Balaban J connectivity index is 1.54. The molecule has 3 N–H and O–H groups in total. The van der Waals surface area contributed by atoms with Crippen LogP contribution in [0.2, 0.25) is 0 Å². The van der Waals surface area contributed by atoms with Gasteiger partial charge in [0, 0.05) is 17.8 Å². The van der Waals surface area contributed by atoms with Crippen LogP contribution in [0.1, 0.15) is 6.92 Å². The zero-order valence-electron chi connectivity index (χ0n) is 18.1. The maximum absolute atomic E-state index is 12.7. The van der Waals surface area contributed by atoms with Crippen LogP contribution in [0.4, 0.5) is 11.5 Å². The minimum Gasteiger partial charge on any atom is -0.471 e. The molecule has 0 saturated heterocycles. The lowest BCUT2D eigenvalue weighted by atomic mass is 10.2. The molecule has 0 fully saturated rings. The van der Waals surface area contributed by atoms with E-state index in [1.165, 1.54) is 36.9 Å². The Labute approximate surface area is 196 Å². The molecule has 4 rings (SSSR count). The predicted molar refractivity (Wildman–Crippen MR) is 131 cm³/mol. The third-order valence-corrected chi connectivity index (χ3v) is 6.06. The number of rotatable bonds is 9. The van der Waals surface area contributed by atoms with E-state index in [4.69, 9.17) is 10.1 Å². The summed E-state index contributed by atoms with van der Waals surface area (Å²) in [5.41, 5.74) is 4.34. The average Bonchev–Trinajstić information content (AvgIpc) is 2.84. The van der Waals surface area contributed by atoms with E-state index in [-0.39, 0.29) is 23.0 Å². The van der Waals surface area contributed by atoms with Gasteiger partial charge in [-0.3, -0.25) is 10.1 Å².